The highest BCUT2D eigenvalue weighted by Crippen LogP contribution is 2.42. The lowest BCUT2D eigenvalue weighted by molar-refractivity contribution is 0.356. The molecule has 23 heavy (non-hydrogen) atoms. The number of rotatable bonds is 9. The molecule has 0 saturated carbocycles. The average Bonchev–Trinajstić information content (AvgIpc) is 2.61. The summed E-state index contributed by atoms with van der Waals surface area (Å²) in [5.74, 6) is 0. The zero-order chi connectivity index (χ0) is 16.5. The fraction of sp³-hybridized carbons (Fsp3) is 0.391. The summed E-state index contributed by atoms with van der Waals surface area (Å²) in [5.41, 5.74) is 4.24. The minimum atomic E-state index is 0.221. The van der Waals surface area contributed by atoms with Crippen LogP contribution in [-0.2, 0) is 5.41 Å². The van der Waals surface area contributed by atoms with Crippen molar-refractivity contribution in [3.05, 3.63) is 78.4 Å². The molecule has 2 aromatic carbocycles. The van der Waals surface area contributed by atoms with Crippen LogP contribution < -0.4 is 0 Å². The lowest BCUT2D eigenvalue weighted by atomic mass is 9.68. The molecule has 1 unspecified atom stereocenters. The summed E-state index contributed by atoms with van der Waals surface area (Å²) >= 11 is 0. The van der Waals surface area contributed by atoms with Gasteiger partial charge in [-0.15, -0.1) is 0 Å². The molecule has 0 heterocycles. The minimum Gasteiger partial charge on any atom is -0.0952 e. The third-order valence-corrected chi connectivity index (χ3v) is 4.86. The highest BCUT2D eigenvalue weighted by atomic mass is 14.3. The van der Waals surface area contributed by atoms with Crippen molar-refractivity contribution in [3.63, 3.8) is 0 Å². The third kappa shape index (κ3) is 4.58. The van der Waals surface area contributed by atoms with E-state index in [9.17, 15) is 0 Å². The molecule has 2 rings (SSSR count). The molecule has 122 valence electrons. The molecule has 0 aromatic heterocycles. The fourth-order valence-corrected chi connectivity index (χ4v) is 3.66. The van der Waals surface area contributed by atoms with Crippen molar-refractivity contribution in [3.8, 4) is 0 Å². The van der Waals surface area contributed by atoms with Gasteiger partial charge in [-0.2, -0.15) is 0 Å². The monoisotopic (exact) mass is 306 g/mol. The summed E-state index contributed by atoms with van der Waals surface area (Å²) in [4.78, 5) is 0. The van der Waals surface area contributed by atoms with Crippen LogP contribution in [0, 0.1) is 0 Å². The second-order valence-corrected chi connectivity index (χ2v) is 6.65. The second-order valence-electron chi connectivity index (χ2n) is 6.65. The smallest absolute Gasteiger partial charge is 0.000675 e. The first-order chi connectivity index (χ1) is 11.2. The Kier molecular flexibility index (Phi) is 6.65. The Morgan fingerprint density at radius 2 is 1.43 bits per heavy atom. The Morgan fingerprint density at radius 3 is 2.00 bits per heavy atom. The number of unbranched alkanes of at least 4 members (excludes halogenated alkanes) is 1. The van der Waals surface area contributed by atoms with Gasteiger partial charge >= 0.3 is 0 Å². The first-order valence-electron chi connectivity index (χ1n) is 9.00. The Bertz CT molecular complexity index is 582. The van der Waals surface area contributed by atoms with Gasteiger partial charge in [0.15, 0.2) is 0 Å². The van der Waals surface area contributed by atoms with Gasteiger partial charge in [-0.05, 0) is 41.4 Å². The van der Waals surface area contributed by atoms with Crippen LogP contribution in [0.3, 0.4) is 0 Å². The molecule has 0 radical (unpaired) electrons. The van der Waals surface area contributed by atoms with Crippen LogP contribution in [0.5, 0.6) is 0 Å². The van der Waals surface area contributed by atoms with Crippen molar-refractivity contribution in [2.24, 2.45) is 0 Å². The van der Waals surface area contributed by atoms with Gasteiger partial charge in [-0.25, -0.2) is 0 Å². The quantitative estimate of drug-likeness (QED) is 0.467. The fourth-order valence-electron chi connectivity index (χ4n) is 3.66. The highest BCUT2D eigenvalue weighted by molar-refractivity contribution is 5.64. The lowest BCUT2D eigenvalue weighted by Crippen LogP contribution is -2.26. The van der Waals surface area contributed by atoms with E-state index in [1.165, 1.54) is 48.8 Å². The molecule has 0 aliphatic carbocycles. The van der Waals surface area contributed by atoms with E-state index in [1.807, 2.05) is 0 Å². The Balaban J connectivity index is 2.33. The topological polar surface area (TPSA) is 0 Å². The predicted molar refractivity (Wildman–Crippen MR) is 103 cm³/mol. The molecule has 0 spiro atoms. The van der Waals surface area contributed by atoms with Gasteiger partial charge in [-0.3, -0.25) is 0 Å². The van der Waals surface area contributed by atoms with Crippen molar-refractivity contribution in [2.45, 2.75) is 57.8 Å². The highest BCUT2D eigenvalue weighted by Gasteiger charge is 2.31. The zero-order valence-electron chi connectivity index (χ0n) is 14.7. The molecule has 0 aliphatic heterocycles. The summed E-state index contributed by atoms with van der Waals surface area (Å²) < 4.78 is 0. The molecule has 0 fully saturated rings. The largest absolute Gasteiger partial charge is 0.0952 e. The summed E-state index contributed by atoms with van der Waals surface area (Å²) in [6.45, 7) is 9.01. The maximum Gasteiger partial charge on any atom is -0.000675 e. The van der Waals surface area contributed by atoms with E-state index in [0.717, 1.165) is 6.42 Å². The van der Waals surface area contributed by atoms with E-state index in [4.69, 9.17) is 0 Å². The Morgan fingerprint density at radius 1 is 0.826 bits per heavy atom. The van der Waals surface area contributed by atoms with Gasteiger partial charge in [0, 0.05) is 0 Å². The normalized spacial score (nSPS) is 13.5. The first kappa shape index (κ1) is 17.5. The van der Waals surface area contributed by atoms with E-state index in [-0.39, 0.29) is 5.41 Å². The van der Waals surface area contributed by atoms with Crippen molar-refractivity contribution in [1.82, 2.24) is 0 Å². The maximum atomic E-state index is 4.43. The summed E-state index contributed by atoms with van der Waals surface area (Å²) in [5, 5.41) is 0. The predicted octanol–water partition coefficient (Wildman–Crippen LogP) is 7.02. The van der Waals surface area contributed by atoms with Gasteiger partial charge in [0.1, 0.15) is 0 Å². The molecule has 0 aliphatic rings. The van der Waals surface area contributed by atoms with E-state index >= 15 is 0 Å². The van der Waals surface area contributed by atoms with Crippen LogP contribution in [0.25, 0.3) is 5.57 Å². The van der Waals surface area contributed by atoms with Crippen LogP contribution in [0.4, 0.5) is 0 Å². The Hall–Kier alpha value is -1.82. The van der Waals surface area contributed by atoms with Crippen LogP contribution >= 0.6 is 0 Å². The summed E-state index contributed by atoms with van der Waals surface area (Å²) in [6, 6.07) is 21.7. The lowest BCUT2D eigenvalue weighted by Gasteiger charge is -2.35. The van der Waals surface area contributed by atoms with E-state index in [1.54, 1.807) is 0 Å². The van der Waals surface area contributed by atoms with E-state index < -0.39 is 0 Å². The average molecular weight is 306 g/mol. The molecule has 0 saturated heterocycles. The van der Waals surface area contributed by atoms with Crippen LogP contribution in [0.1, 0.15) is 63.5 Å². The molecular formula is C23H30. The molecule has 1 atom stereocenters. The molecule has 0 amide bonds. The van der Waals surface area contributed by atoms with Gasteiger partial charge in [0.25, 0.3) is 0 Å². The maximum absolute atomic E-state index is 4.43. The Labute approximate surface area is 142 Å². The van der Waals surface area contributed by atoms with E-state index in [0.29, 0.717) is 0 Å². The molecule has 0 N–H and O–H groups in total. The number of hydrogen-bond acceptors (Lipinski definition) is 0. The number of hydrogen-bond donors (Lipinski definition) is 0. The van der Waals surface area contributed by atoms with Crippen LogP contribution in [0.15, 0.2) is 67.2 Å². The summed E-state index contributed by atoms with van der Waals surface area (Å²) in [7, 11) is 0. The van der Waals surface area contributed by atoms with Crippen molar-refractivity contribution in [1.29, 1.82) is 0 Å². The van der Waals surface area contributed by atoms with Crippen LogP contribution in [-0.4, -0.2) is 0 Å². The van der Waals surface area contributed by atoms with Crippen molar-refractivity contribution >= 4 is 5.57 Å². The van der Waals surface area contributed by atoms with Crippen LogP contribution in [0.2, 0.25) is 0 Å². The third-order valence-electron chi connectivity index (χ3n) is 4.86. The van der Waals surface area contributed by atoms with Gasteiger partial charge in [0.05, 0.1) is 0 Å². The SMILES string of the molecule is C=C(CC(CCC)(CCCC)c1ccccc1)c1ccccc1. The molecule has 0 bridgehead atoms. The molecule has 0 heteroatoms. The molecule has 2 aromatic rings. The number of benzene rings is 2. The second kappa shape index (κ2) is 8.72. The standard InChI is InChI=1S/C23H30/c1-4-6-18-23(17-5-2,22-15-11-8-12-16-22)19-20(3)21-13-9-7-10-14-21/h7-16H,3-6,17-19H2,1-2H3. The zero-order valence-corrected chi connectivity index (χ0v) is 14.7. The van der Waals surface area contributed by atoms with E-state index in [2.05, 4.69) is 81.1 Å². The minimum absolute atomic E-state index is 0.221. The molecular weight excluding hydrogens is 276 g/mol. The first-order valence-corrected chi connectivity index (χ1v) is 9.00. The van der Waals surface area contributed by atoms with Gasteiger partial charge in [0.2, 0.25) is 0 Å². The van der Waals surface area contributed by atoms with Crippen molar-refractivity contribution < 1.29 is 0 Å². The molecule has 0 nitrogen and oxygen atoms in total. The van der Waals surface area contributed by atoms with Crippen molar-refractivity contribution in [2.75, 3.05) is 0 Å². The summed E-state index contributed by atoms with van der Waals surface area (Å²) in [6.07, 6.45) is 7.25. The van der Waals surface area contributed by atoms with Gasteiger partial charge < -0.3 is 0 Å². The van der Waals surface area contributed by atoms with Gasteiger partial charge in [-0.1, -0.05) is 100 Å². The number of allylic oxidation sites excluding steroid dienone is 1.